The first-order valence-electron chi connectivity index (χ1n) is 9.92. The number of ether oxygens (including phenoxy) is 1. The zero-order chi connectivity index (χ0) is 21.1. The number of H-pyrrole nitrogens is 1. The van der Waals surface area contributed by atoms with Gasteiger partial charge in [0.15, 0.2) is 6.19 Å². The van der Waals surface area contributed by atoms with Crippen molar-refractivity contribution in [2.45, 2.75) is 25.9 Å². The number of carbonyl (C=O) groups is 1. The Balaban J connectivity index is 1.57. The fraction of sp³-hybridized carbons (Fsp3) is 0.261. The lowest BCUT2D eigenvalue weighted by atomic mass is 10.1. The van der Waals surface area contributed by atoms with Crippen molar-refractivity contribution in [3.63, 3.8) is 0 Å². The molecule has 1 aliphatic rings. The van der Waals surface area contributed by atoms with E-state index in [-0.39, 0.29) is 18.0 Å². The molecule has 4 rings (SSSR count). The molecule has 7 nitrogen and oxygen atoms in total. The summed E-state index contributed by atoms with van der Waals surface area (Å²) in [4.78, 5) is 16.6. The van der Waals surface area contributed by atoms with Gasteiger partial charge in [0.05, 0.1) is 11.7 Å². The molecule has 3 aromatic rings. The zero-order valence-corrected chi connectivity index (χ0v) is 16.9. The van der Waals surface area contributed by atoms with Gasteiger partial charge in [-0.25, -0.2) is 0 Å². The maximum atomic E-state index is 13.1. The van der Waals surface area contributed by atoms with E-state index >= 15 is 0 Å². The van der Waals surface area contributed by atoms with Crippen LogP contribution in [0.15, 0.2) is 60.7 Å². The number of amides is 1. The van der Waals surface area contributed by atoms with E-state index in [0.717, 1.165) is 11.3 Å². The Morgan fingerprint density at radius 3 is 2.60 bits per heavy atom. The van der Waals surface area contributed by atoms with Gasteiger partial charge < -0.3 is 14.5 Å². The lowest BCUT2D eigenvalue weighted by Crippen LogP contribution is -2.56. The van der Waals surface area contributed by atoms with Gasteiger partial charge in [-0.1, -0.05) is 30.3 Å². The molecule has 0 aliphatic carbocycles. The quantitative estimate of drug-likeness (QED) is 0.671. The van der Waals surface area contributed by atoms with Crippen LogP contribution >= 0.6 is 0 Å². The summed E-state index contributed by atoms with van der Waals surface area (Å²) in [6.07, 6.45) is 2.20. The molecule has 152 valence electrons. The normalized spacial score (nSPS) is 18.7. The van der Waals surface area contributed by atoms with Gasteiger partial charge in [0.2, 0.25) is 0 Å². The standard InChI is InChI=1S/C23H23N5O2/c1-16-14-28(17(2)13-27(16)15-24)23(29)21-12-20(25-26-21)19-10-6-7-11-22(19)30-18-8-4-3-5-9-18/h3-12,16-17H,13-14H2,1-2H3,(H,25,26)/t16-,17-/m0/s1. The van der Waals surface area contributed by atoms with E-state index in [1.54, 1.807) is 15.9 Å². The van der Waals surface area contributed by atoms with Crippen LogP contribution in [-0.4, -0.2) is 51.1 Å². The highest BCUT2D eigenvalue weighted by atomic mass is 16.5. The molecule has 2 atom stereocenters. The van der Waals surface area contributed by atoms with Crippen molar-refractivity contribution in [3.05, 3.63) is 66.4 Å². The van der Waals surface area contributed by atoms with Crippen molar-refractivity contribution in [1.82, 2.24) is 20.0 Å². The lowest BCUT2D eigenvalue weighted by molar-refractivity contribution is 0.0457. The minimum Gasteiger partial charge on any atom is -0.457 e. The van der Waals surface area contributed by atoms with Gasteiger partial charge in [-0.05, 0) is 44.2 Å². The maximum absolute atomic E-state index is 13.1. The van der Waals surface area contributed by atoms with Crippen LogP contribution in [0.25, 0.3) is 11.3 Å². The van der Waals surface area contributed by atoms with E-state index in [2.05, 4.69) is 16.4 Å². The number of para-hydroxylation sites is 2. The van der Waals surface area contributed by atoms with Crippen LogP contribution < -0.4 is 4.74 Å². The number of hydrogen-bond donors (Lipinski definition) is 1. The molecule has 0 saturated carbocycles. The Labute approximate surface area is 175 Å². The van der Waals surface area contributed by atoms with E-state index in [1.165, 1.54) is 0 Å². The Morgan fingerprint density at radius 1 is 1.10 bits per heavy atom. The van der Waals surface area contributed by atoms with Crippen LogP contribution in [0.3, 0.4) is 0 Å². The summed E-state index contributed by atoms with van der Waals surface area (Å²) in [6.45, 7) is 4.92. The minimum absolute atomic E-state index is 0.0162. The van der Waals surface area contributed by atoms with Crippen LogP contribution in [-0.2, 0) is 0 Å². The highest BCUT2D eigenvalue weighted by Crippen LogP contribution is 2.32. The largest absolute Gasteiger partial charge is 0.457 e. The third kappa shape index (κ3) is 3.85. The van der Waals surface area contributed by atoms with Gasteiger partial charge in [0, 0.05) is 24.7 Å². The van der Waals surface area contributed by atoms with E-state index in [1.807, 2.05) is 68.4 Å². The average Bonchev–Trinajstić information content (AvgIpc) is 3.26. The zero-order valence-electron chi connectivity index (χ0n) is 16.9. The summed E-state index contributed by atoms with van der Waals surface area (Å²) in [5.41, 5.74) is 1.86. The molecule has 0 spiro atoms. The molecule has 2 aromatic carbocycles. The maximum Gasteiger partial charge on any atom is 0.272 e. The first kappa shape index (κ1) is 19.5. The summed E-state index contributed by atoms with van der Waals surface area (Å²) in [6, 6.07) is 18.8. The summed E-state index contributed by atoms with van der Waals surface area (Å²) in [5.74, 6) is 1.28. The van der Waals surface area contributed by atoms with Gasteiger partial charge in [0.1, 0.15) is 17.2 Å². The van der Waals surface area contributed by atoms with Crippen molar-refractivity contribution >= 4 is 5.91 Å². The number of piperazine rings is 1. The highest BCUT2D eigenvalue weighted by molar-refractivity contribution is 5.94. The van der Waals surface area contributed by atoms with Crippen LogP contribution in [0.1, 0.15) is 24.3 Å². The number of aromatic nitrogens is 2. The monoisotopic (exact) mass is 401 g/mol. The molecule has 1 aliphatic heterocycles. The summed E-state index contributed by atoms with van der Waals surface area (Å²) in [5, 5.41) is 16.5. The predicted octanol–water partition coefficient (Wildman–Crippen LogP) is 3.88. The molecule has 1 fully saturated rings. The van der Waals surface area contributed by atoms with E-state index in [4.69, 9.17) is 4.74 Å². The predicted molar refractivity (Wildman–Crippen MR) is 113 cm³/mol. The molecule has 0 bridgehead atoms. The second kappa shape index (κ2) is 8.29. The molecule has 30 heavy (non-hydrogen) atoms. The van der Waals surface area contributed by atoms with E-state index < -0.39 is 0 Å². The number of rotatable bonds is 4. The van der Waals surface area contributed by atoms with Crippen molar-refractivity contribution in [2.24, 2.45) is 0 Å². The number of nitrogens with zero attached hydrogens (tertiary/aromatic N) is 4. The number of hydrogen-bond acceptors (Lipinski definition) is 5. The minimum atomic E-state index is -0.118. The molecular formula is C23H23N5O2. The second-order valence-corrected chi connectivity index (χ2v) is 7.49. The van der Waals surface area contributed by atoms with Crippen molar-refractivity contribution in [3.8, 4) is 28.9 Å². The van der Waals surface area contributed by atoms with Crippen LogP contribution in [0.2, 0.25) is 0 Å². The van der Waals surface area contributed by atoms with Gasteiger partial charge in [-0.3, -0.25) is 9.89 Å². The first-order chi connectivity index (χ1) is 14.6. The molecular weight excluding hydrogens is 378 g/mol. The van der Waals surface area contributed by atoms with Gasteiger partial charge >= 0.3 is 0 Å². The number of benzene rings is 2. The fourth-order valence-electron chi connectivity index (χ4n) is 3.66. The molecule has 1 saturated heterocycles. The summed E-state index contributed by atoms with van der Waals surface area (Å²) in [7, 11) is 0. The van der Waals surface area contributed by atoms with Crippen LogP contribution in [0.5, 0.6) is 11.5 Å². The van der Waals surface area contributed by atoms with Gasteiger partial charge in [-0.2, -0.15) is 10.4 Å². The lowest BCUT2D eigenvalue weighted by Gasteiger charge is -2.41. The molecule has 7 heteroatoms. The SMILES string of the molecule is C[C@H]1CN(C(=O)c2cc(-c3ccccc3Oc3ccccc3)n[nH]2)[C@@H](C)CN1C#N. The Kier molecular flexibility index (Phi) is 5.40. The van der Waals surface area contributed by atoms with Crippen molar-refractivity contribution in [2.75, 3.05) is 13.1 Å². The number of nitrogens with one attached hydrogen (secondary N) is 1. The first-order valence-corrected chi connectivity index (χ1v) is 9.92. The average molecular weight is 401 g/mol. The molecule has 2 heterocycles. The van der Waals surface area contributed by atoms with E-state index in [0.29, 0.717) is 30.2 Å². The van der Waals surface area contributed by atoms with Crippen LogP contribution in [0, 0.1) is 11.5 Å². The highest BCUT2D eigenvalue weighted by Gasteiger charge is 2.32. The third-order valence-electron chi connectivity index (χ3n) is 5.32. The molecule has 1 amide bonds. The van der Waals surface area contributed by atoms with Crippen LogP contribution in [0.4, 0.5) is 0 Å². The Bertz CT molecular complexity index is 1070. The topological polar surface area (TPSA) is 85.2 Å². The third-order valence-corrected chi connectivity index (χ3v) is 5.32. The van der Waals surface area contributed by atoms with Crippen molar-refractivity contribution in [1.29, 1.82) is 5.26 Å². The molecule has 1 aromatic heterocycles. The van der Waals surface area contributed by atoms with Crippen molar-refractivity contribution < 1.29 is 9.53 Å². The summed E-state index contributed by atoms with van der Waals surface area (Å²) >= 11 is 0. The smallest absolute Gasteiger partial charge is 0.272 e. The Hall–Kier alpha value is -3.79. The van der Waals surface area contributed by atoms with Gasteiger partial charge in [-0.15, -0.1) is 0 Å². The molecule has 0 radical (unpaired) electrons. The molecule has 1 N–H and O–H groups in total. The van der Waals surface area contributed by atoms with Gasteiger partial charge in [0.25, 0.3) is 5.91 Å². The Morgan fingerprint density at radius 2 is 1.83 bits per heavy atom. The second-order valence-electron chi connectivity index (χ2n) is 7.49. The number of aromatic amines is 1. The summed E-state index contributed by atoms with van der Waals surface area (Å²) < 4.78 is 6.02. The molecule has 0 unspecified atom stereocenters. The number of carbonyl (C=O) groups excluding carboxylic acids is 1. The fourth-order valence-corrected chi connectivity index (χ4v) is 3.66. The number of nitriles is 1. The van der Waals surface area contributed by atoms with E-state index in [9.17, 15) is 10.1 Å².